The van der Waals surface area contributed by atoms with Gasteiger partial charge in [0.25, 0.3) is 0 Å². The zero-order valence-corrected chi connectivity index (χ0v) is 22.6. The van der Waals surface area contributed by atoms with Gasteiger partial charge in [0.15, 0.2) is 0 Å². The monoisotopic (exact) mass is 512 g/mol. The first-order valence-electron chi connectivity index (χ1n) is 13.6. The van der Waals surface area contributed by atoms with Crippen LogP contribution in [0.4, 0.5) is 0 Å². The smallest absolute Gasteiger partial charge is 0.0346 e. The van der Waals surface area contributed by atoms with Crippen LogP contribution >= 0.6 is 0 Å². The van der Waals surface area contributed by atoms with Gasteiger partial charge in [-0.05, 0) is 104 Å². The van der Waals surface area contributed by atoms with Crippen LogP contribution in [-0.4, -0.2) is 9.97 Å². The second kappa shape index (κ2) is 9.91. The number of nitrogens with zero attached hydrogens (tertiary/aromatic N) is 2. The first-order valence-corrected chi connectivity index (χ1v) is 13.6. The Morgan fingerprint density at radius 3 is 1.65 bits per heavy atom. The Balaban J connectivity index is 1.45. The molecule has 40 heavy (non-hydrogen) atoms. The summed E-state index contributed by atoms with van der Waals surface area (Å²) < 4.78 is 0. The summed E-state index contributed by atoms with van der Waals surface area (Å²) in [4.78, 5) is 8.68. The zero-order valence-electron chi connectivity index (χ0n) is 22.6. The molecule has 0 aliphatic rings. The lowest BCUT2D eigenvalue weighted by Crippen LogP contribution is -1.92. The maximum atomic E-state index is 4.39. The topological polar surface area (TPSA) is 25.8 Å². The number of hydrogen-bond acceptors (Lipinski definition) is 2. The molecule has 0 atom stereocenters. The highest BCUT2D eigenvalue weighted by Crippen LogP contribution is 2.44. The van der Waals surface area contributed by atoms with E-state index in [0.717, 1.165) is 11.1 Å². The summed E-state index contributed by atoms with van der Waals surface area (Å²) >= 11 is 0. The summed E-state index contributed by atoms with van der Waals surface area (Å²) in [7, 11) is 0. The van der Waals surface area contributed by atoms with Crippen LogP contribution in [0.15, 0.2) is 134 Å². The third kappa shape index (κ3) is 4.15. The van der Waals surface area contributed by atoms with E-state index in [9.17, 15) is 0 Å². The normalized spacial score (nSPS) is 11.2. The fourth-order valence-electron chi connectivity index (χ4n) is 5.93. The average Bonchev–Trinajstić information content (AvgIpc) is 3.00. The molecule has 0 bridgehead atoms. The summed E-state index contributed by atoms with van der Waals surface area (Å²) in [5.41, 5.74) is 12.0. The second-order valence-electron chi connectivity index (χ2n) is 10.4. The van der Waals surface area contributed by atoms with Gasteiger partial charge in [-0.3, -0.25) is 9.97 Å². The Bertz CT molecular complexity index is 1960. The van der Waals surface area contributed by atoms with E-state index in [1.807, 2.05) is 24.8 Å². The molecule has 0 saturated carbocycles. The minimum atomic E-state index is 1.14. The lowest BCUT2D eigenvalue weighted by molar-refractivity contribution is 1.27. The van der Waals surface area contributed by atoms with Gasteiger partial charge in [-0.2, -0.15) is 0 Å². The summed E-state index contributed by atoms with van der Waals surface area (Å²) in [6.07, 6.45) is 7.63. The van der Waals surface area contributed by atoms with Crippen molar-refractivity contribution < 1.29 is 0 Å². The molecule has 2 nitrogen and oxygen atoms in total. The van der Waals surface area contributed by atoms with Crippen LogP contribution in [0.2, 0.25) is 0 Å². The molecule has 2 heteroatoms. The summed E-state index contributed by atoms with van der Waals surface area (Å²) in [6, 6.07) is 39.8. The molecule has 0 amide bonds. The SMILES string of the molecule is Cc1cncc(-c2ccc(-c3c4ccccc4c(-c4cccc(-c5ccncc5C)c4)c4ccccc34)cc2)c1. The van der Waals surface area contributed by atoms with Gasteiger partial charge >= 0.3 is 0 Å². The van der Waals surface area contributed by atoms with Crippen molar-refractivity contribution in [2.75, 3.05) is 0 Å². The first-order chi connectivity index (χ1) is 19.7. The number of aromatic nitrogens is 2. The van der Waals surface area contributed by atoms with Crippen molar-refractivity contribution in [3.63, 3.8) is 0 Å². The van der Waals surface area contributed by atoms with Crippen molar-refractivity contribution in [1.82, 2.24) is 9.97 Å². The maximum Gasteiger partial charge on any atom is 0.0346 e. The number of aryl methyl sites for hydroxylation is 2. The minimum absolute atomic E-state index is 1.14. The molecule has 0 aliphatic heterocycles. The molecular formula is C38H28N2. The van der Waals surface area contributed by atoms with Crippen molar-refractivity contribution in [3.8, 4) is 44.5 Å². The van der Waals surface area contributed by atoms with Gasteiger partial charge in [-0.1, -0.05) is 91.0 Å². The van der Waals surface area contributed by atoms with Gasteiger partial charge in [-0.25, -0.2) is 0 Å². The number of hydrogen-bond donors (Lipinski definition) is 0. The van der Waals surface area contributed by atoms with E-state index in [1.54, 1.807) is 0 Å². The summed E-state index contributed by atoms with van der Waals surface area (Å²) in [6.45, 7) is 4.20. The highest BCUT2D eigenvalue weighted by atomic mass is 14.6. The van der Waals surface area contributed by atoms with E-state index < -0.39 is 0 Å². The van der Waals surface area contributed by atoms with Gasteiger partial charge < -0.3 is 0 Å². The zero-order chi connectivity index (χ0) is 27.1. The molecule has 0 spiro atoms. The molecule has 2 heterocycles. The number of rotatable bonds is 4. The molecule has 2 aromatic heterocycles. The largest absolute Gasteiger partial charge is 0.264 e. The van der Waals surface area contributed by atoms with E-state index in [4.69, 9.17) is 0 Å². The molecule has 0 radical (unpaired) electrons. The fourth-order valence-corrected chi connectivity index (χ4v) is 5.93. The van der Waals surface area contributed by atoms with Gasteiger partial charge in [0.1, 0.15) is 0 Å². The molecule has 7 aromatic rings. The standard InChI is InChI=1S/C38H28N2/c1-25-20-31(24-40-22-25)27-14-16-28(17-15-27)37-33-10-3-5-12-35(33)38(36-13-6-4-11-34(36)37)30-9-7-8-29(21-30)32-18-19-39-23-26(32)2/h3-24H,1-2H3. The van der Waals surface area contributed by atoms with Crippen LogP contribution in [-0.2, 0) is 0 Å². The third-order valence-electron chi connectivity index (χ3n) is 7.80. The lowest BCUT2D eigenvalue weighted by atomic mass is 9.85. The van der Waals surface area contributed by atoms with Crippen LogP contribution in [0, 0.1) is 13.8 Å². The quantitative estimate of drug-likeness (QED) is 0.219. The molecular weight excluding hydrogens is 484 g/mol. The number of pyridine rings is 2. The Labute approximate surface area is 234 Å². The first kappa shape index (κ1) is 24.0. The minimum Gasteiger partial charge on any atom is -0.264 e. The molecule has 0 aliphatic carbocycles. The van der Waals surface area contributed by atoms with Crippen LogP contribution in [0.5, 0.6) is 0 Å². The molecule has 7 rings (SSSR count). The summed E-state index contributed by atoms with van der Waals surface area (Å²) in [5.74, 6) is 0. The van der Waals surface area contributed by atoms with Crippen molar-refractivity contribution in [2.24, 2.45) is 0 Å². The van der Waals surface area contributed by atoms with Crippen LogP contribution in [0.25, 0.3) is 66.1 Å². The second-order valence-corrected chi connectivity index (χ2v) is 10.4. The Morgan fingerprint density at radius 1 is 0.425 bits per heavy atom. The predicted octanol–water partition coefficient (Wildman–Crippen LogP) is 10.1. The molecule has 0 N–H and O–H groups in total. The van der Waals surface area contributed by atoms with Gasteiger partial charge in [0.05, 0.1) is 0 Å². The Kier molecular flexibility index (Phi) is 5.94. The molecule has 5 aromatic carbocycles. The van der Waals surface area contributed by atoms with Crippen LogP contribution in [0.1, 0.15) is 11.1 Å². The van der Waals surface area contributed by atoms with E-state index in [1.165, 1.54) is 66.1 Å². The van der Waals surface area contributed by atoms with Crippen molar-refractivity contribution in [1.29, 1.82) is 0 Å². The Hall–Kier alpha value is -5.08. The highest BCUT2D eigenvalue weighted by molar-refractivity contribution is 6.21. The van der Waals surface area contributed by atoms with E-state index in [0.29, 0.717) is 0 Å². The lowest BCUT2D eigenvalue weighted by Gasteiger charge is -2.18. The van der Waals surface area contributed by atoms with Gasteiger partial charge in [0, 0.05) is 30.4 Å². The van der Waals surface area contributed by atoms with E-state index in [2.05, 4.69) is 133 Å². The van der Waals surface area contributed by atoms with Crippen molar-refractivity contribution >= 4 is 21.5 Å². The van der Waals surface area contributed by atoms with Gasteiger partial charge in [-0.15, -0.1) is 0 Å². The fraction of sp³-hybridized carbons (Fsp3) is 0.0526. The predicted molar refractivity (Wildman–Crippen MR) is 168 cm³/mol. The van der Waals surface area contributed by atoms with Gasteiger partial charge in [0.2, 0.25) is 0 Å². The van der Waals surface area contributed by atoms with E-state index in [-0.39, 0.29) is 0 Å². The molecule has 0 saturated heterocycles. The molecule has 190 valence electrons. The number of benzene rings is 5. The van der Waals surface area contributed by atoms with Crippen molar-refractivity contribution in [3.05, 3.63) is 145 Å². The third-order valence-corrected chi connectivity index (χ3v) is 7.80. The van der Waals surface area contributed by atoms with E-state index >= 15 is 0 Å². The Morgan fingerprint density at radius 2 is 1.02 bits per heavy atom. The number of fused-ring (bicyclic) bond motifs is 2. The summed E-state index contributed by atoms with van der Waals surface area (Å²) in [5, 5.41) is 5.02. The van der Waals surface area contributed by atoms with Crippen LogP contribution in [0.3, 0.4) is 0 Å². The molecule has 0 fully saturated rings. The van der Waals surface area contributed by atoms with Crippen LogP contribution < -0.4 is 0 Å². The maximum absolute atomic E-state index is 4.39. The molecule has 0 unspecified atom stereocenters. The average molecular weight is 513 g/mol. The highest BCUT2D eigenvalue weighted by Gasteiger charge is 2.17. The van der Waals surface area contributed by atoms with Crippen molar-refractivity contribution in [2.45, 2.75) is 13.8 Å².